The van der Waals surface area contributed by atoms with Gasteiger partial charge in [0.25, 0.3) is 0 Å². The number of hydrogen-bond acceptors (Lipinski definition) is 3. The largest absolute Gasteiger partial charge is 0.469 e. The van der Waals surface area contributed by atoms with E-state index in [0.717, 1.165) is 6.42 Å². The Morgan fingerprint density at radius 1 is 1.64 bits per heavy atom. The van der Waals surface area contributed by atoms with Crippen LogP contribution in [0.2, 0.25) is 0 Å². The molecule has 2 N–H and O–H groups in total. The Labute approximate surface area is 67.9 Å². The van der Waals surface area contributed by atoms with E-state index in [1.807, 2.05) is 6.92 Å². The van der Waals surface area contributed by atoms with Crippen LogP contribution in [0.5, 0.6) is 0 Å². The van der Waals surface area contributed by atoms with E-state index in [1.165, 1.54) is 7.11 Å². The van der Waals surface area contributed by atoms with Crippen LogP contribution in [0.15, 0.2) is 0 Å². The molecule has 0 saturated carbocycles. The van der Waals surface area contributed by atoms with Gasteiger partial charge in [0.2, 0.25) is 0 Å². The molecule has 0 aliphatic rings. The number of nitrogens with two attached hydrogens (primary N) is 1. The van der Waals surface area contributed by atoms with Crippen molar-refractivity contribution in [3.63, 3.8) is 0 Å². The molecular weight excluding hydrogens is 142 g/mol. The van der Waals surface area contributed by atoms with Crippen LogP contribution >= 0.6 is 0 Å². The van der Waals surface area contributed by atoms with E-state index in [2.05, 4.69) is 11.7 Å². The van der Waals surface area contributed by atoms with Gasteiger partial charge in [-0.05, 0) is 5.92 Å². The maximum Gasteiger partial charge on any atom is 0.307 e. The molecule has 0 fully saturated rings. The normalized spacial score (nSPS) is 15.6. The molecule has 0 bridgehead atoms. The van der Waals surface area contributed by atoms with Gasteiger partial charge in [-0.1, -0.05) is 20.3 Å². The summed E-state index contributed by atoms with van der Waals surface area (Å²) in [7, 11) is 1.38. The van der Waals surface area contributed by atoms with E-state index in [9.17, 15) is 4.79 Å². The summed E-state index contributed by atoms with van der Waals surface area (Å²) in [4.78, 5) is 10.7. The summed E-state index contributed by atoms with van der Waals surface area (Å²) in [6, 6.07) is -0.0625. The maximum absolute atomic E-state index is 10.7. The van der Waals surface area contributed by atoms with Crippen molar-refractivity contribution in [1.29, 1.82) is 0 Å². The zero-order chi connectivity index (χ0) is 8.85. The van der Waals surface area contributed by atoms with Crippen LogP contribution in [0.4, 0.5) is 0 Å². The average molecular weight is 159 g/mol. The molecule has 0 aromatic heterocycles. The van der Waals surface area contributed by atoms with Crippen LogP contribution in [-0.2, 0) is 9.53 Å². The van der Waals surface area contributed by atoms with Gasteiger partial charge < -0.3 is 10.5 Å². The van der Waals surface area contributed by atoms with Crippen molar-refractivity contribution in [2.45, 2.75) is 32.7 Å². The van der Waals surface area contributed by atoms with Crippen LogP contribution in [0.1, 0.15) is 26.7 Å². The van der Waals surface area contributed by atoms with E-state index < -0.39 is 0 Å². The molecule has 2 atom stereocenters. The molecule has 0 saturated heterocycles. The first kappa shape index (κ1) is 10.4. The van der Waals surface area contributed by atoms with E-state index in [1.54, 1.807) is 0 Å². The van der Waals surface area contributed by atoms with Crippen molar-refractivity contribution in [2.24, 2.45) is 11.7 Å². The lowest BCUT2D eigenvalue weighted by Crippen LogP contribution is -2.30. The third-order valence-corrected chi connectivity index (χ3v) is 2.00. The first-order valence-corrected chi connectivity index (χ1v) is 3.94. The molecule has 3 heteroatoms. The number of esters is 1. The standard InChI is InChI=1S/C8H17NO2/c1-4-6(2)7(9)5-8(10)11-3/h6-7H,4-5,9H2,1-3H3/t6-,7+/m0/s1. The highest BCUT2D eigenvalue weighted by atomic mass is 16.5. The zero-order valence-corrected chi connectivity index (χ0v) is 7.46. The van der Waals surface area contributed by atoms with Crippen molar-refractivity contribution in [1.82, 2.24) is 0 Å². The van der Waals surface area contributed by atoms with Gasteiger partial charge >= 0.3 is 5.97 Å². The molecule has 3 nitrogen and oxygen atoms in total. The first-order chi connectivity index (χ1) is 5.11. The van der Waals surface area contributed by atoms with Gasteiger partial charge in [-0.3, -0.25) is 4.79 Å². The van der Waals surface area contributed by atoms with E-state index in [0.29, 0.717) is 12.3 Å². The van der Waals surface area contributed by atoms with Crippen LogP contribution < -0.4 is 5.73 Å². The highest BCUT2D eigenvalue weighted by Crippen LogP contribution is 2.08. The monoisotopic (exact) mass is 159 g/mol. The van der Waals surface area contributed by atoms with Gasteiger partial charge in [-0.2, -0.15) is 0 Å². The SMILES string of the molecule is CC[C@H](C)[C@H](N)CC(=O)OC. The lowest BCUT2D eigenvalue weighted by Gasteiger charge is -2.16. The van der Waals surface area contributed by atoms with Crippen molar-refractivity contribution in [3.05, 3.63) is 0 Å². The molecule has 0 aliphatic carbocycles. The first-order valence-electron chi connectivity index (χ1n) is 3.94. The summed E-state index contributed by atoms with van der Waals surface area (Å²) in [6.45, 7) is 4.09. The Morgan fingerprint density at radius 2 is 2.18 bits per heavy atom. The van der Waals surface area contributed by atoms with E-state index >= 15 is 0 Å². The molecule has 0 aromatic rings. The molecule has 0 aromatic carbocycles. The van der Waals surface area contributed by atoms with Gasteiger partial charge in [0.15, 0.2) is 0 Å². The van der Waals surface area contributed by atoms with Gasteiger partial charge in [0, 0.05) is 6.04 Å². The molecule has 0 aliphatic heterocycles. The van der Waals surface area contributed by atoms with Crippen LogP contribution in [0.3, 0.4) is 0 Å². The average Bonchev–Trinajstić information content (AvgIpc) is 2.02. The van der Waals surface area contributed by atoms with Crippen LogP contribution in [-0.4, -0.2) is 19.1 Å². The Kier molecular flexibility index (Phi) is 4.86. The van der Waals surface area contributed by atoms with Crippen LogP contribution in [0, 0.1) is 5.92 Å². The third kappa shape index (κ3) is 3.98. The summed E-state index contributed by atoms with van der Waals surface area (Å²) >= 11 is 0. The fourth-order valence-corrected chi connectivity index (χ4v) is 0.780. The van der Waals surface area contributed by atoms with Gasteiger partial charge in [-0.15, -0.1) is 0 Å². The second-order valence-corrected chi connectivity index (χ2v) is 2.83. The van der Waals surface area contributed by atoms with E-state index in [-0.39, 0.29) is 12.0 Å². The van der Waals surface area contributed by atoms with Gasteiger partial charge in [-0.25, -0.2) is 0 Å². The third-order valence-electron chi connectivity index (χ3n) is 2.00. The number of carbonyl (C=O) groups excluding carboxylic acids is 1. The van der Waals surface area contributed by atoms with Crippen molar-refractivity contribution >= 4 is 5.97 Å². The maximum atomic E-state index is 10.7. The molecule has 0 amide bonds. The van der Waals surface area contributed by atoms with Gasteiger partial charge in [0.1, 0.15) is 0 Å². The summed E-state index contributed by atoms with van der Waals surface area (Å²) in [5, 5.41) is 0. The lowest BCUT2D eigenvalue weighted by molar-refractivity contribution is -0.141. The fraction of sp³-hybridized carbons (Fsp3) is 0.875. The molecular formula is C8H17NO2. The zero-order valence-electron chi connectivity index (χ0n) is 7.46. The highest BCUT2D eigenvalue weighted by molar-refractivity contribution is 5.69. The minimum absolute atomic E-state index is 0.0625. The Bertz CT molecular complexity index is 125. The summed E-state index contributed by atoms with van der Waals surface area (Å²) < 4.78 is 4.50. The number of rotatable bonds is 4. The van der Waals surface area contributed by atoms with Crippen molar-refractivity contribution in [3.8, 4) is 0 Å². The quantitative estimate of drug-likeness (QED) is 0.621. The fourth-order valence-electron chi connectivity index (χ4n) is 0.780. The van der Waals surface area contributed by atoms with Crippen LogP contribution in [0.25, 0.3) is 0 Å². The minimum Gasteiger partial charge on any atom is -0.469 e. The highest BCUT2D eigenvalue weighted by Gasteiger charge is 2.14. The lowest BCUT2D eigenvalue weighted by atomic mass is 9.97. The smallest absolute Gasteiger partial charge is 0.307 e. The van der Waals surface area contributed by atoms with Gasteiger partial charge in [0.05, 0.1) is 13.5 Å². The molecule has 11 heavy (non-hydrogen) atoms. The molecule has 0 heterocycles. The molecule has 0 unspecified atom stereocenters. The second-order valence-electron chi connectivity index (χ2n) is 2.83. The summed E-state index contributed by atoms with van der Waals surface area (Å²) in [5.41, 5.74) is 5.70. The Hall–Kier alpha value is -0.570. The Morgan fingerprint density at radius 3 is 2.55 bits per heavy atom. The minimum atomic E-state index is -0.224. The van der Waals surface area contributed by atoms with Crippen molar-refractivity contribution < 1.29 is 9.53 Å². The van der Waals surface area contributed by atoms with E-state index in [4.69, 9.17) is 5.73 Å². The van der Waals surface area contributed by atoms with Crippen molar-refractivity contribution in [2.75, 3.05) is 7.11 Å². The number of methoxy groups -OCH3 is 1. The predicted octanol–water partition coefficient (Wildman–Crippen LogP) is 0.923. The Balaban J connectivity index is 3.67. The molecule has 66 valence electrons. The summed E-state index contributed by atoms with van der Waals surface area (Å²) in [6.07, 6.45) is 1.32. The predicted molar refractivity (Wildman–Crippen MR) is 44.1 cm³/mol. The second kappa shape index (κ2) is 5.13. The summed E-state index contributed by atoms with van der Waals surface area (Å²) in [5.74, 6) is 0.159. The molecule has 0 radical (unpaired) electrons. The molecule has 0 spiro atoms. The number of carbonyl (C=O) groups is 1. The number of hydrogen-bond donors (Lipinski definition) is 1. The topological polar surface area (TPSA) is 52.3 Å². The molecule has 0 rings (SSSR count). The number of ether oxygens (including phenoxy) is 1.